The Morgan fingerprint density at radius 2 is 1.68 bits per heavy atom. The van der Waals surface area contributed by atoms with E-state index >= 15 is 0 Å². The van der Waals surface area contributed by atoms with Crippen molar-refractivity contribution in [1.82, 2.24) is 15.6 Å². The summed E-state index contributed by atoms with van der Waals surface area (Å²) in [5, 5.41) is 14.9. The summed E-state index contributed by atoms with van der Waals surface area (Å²) in [6, 6.07) is 11.4. The van der Waals surface area contributed by atoms with E-state index in [1.165, 1.54) is 6.20 Å². The summed E-state index contributed by atoms with van der Waals surface area (Å²) in [5.74, 6) is -1.94. The quantitative estimate of drug-likeness (QED) is 0.557. The number of pyridine rings is 1. The highest BCUT2D eigenvalue weighted by Crippen LogP contribution is 2.11. The molecule has 1 aromatic heterocycles. The van der Waals surface area contributed by atoms with Gasteiger partial charge in [-0.15, -0.1) is 0 Å². The maximum atomic E-state index is 12.1. The van der Waals surface area contributed by atoms with Gasteiger partial charge in [-0.25, -0.2) is 9.78 Å². The molecule has 0 saturated heterocycles. The number of nitrogens with one attached hydrogen (secondary N) is 2. The van der Waals surface area contributed by atoms with E-state index < -0.39 is 17.9 Å². The topological polar surface area (TPSA) is 108 Å². The summed E-state index contributed by atoms with van der Waals surface area (Å²) in [5.41, 5.74) is 1.59. The van der Waals surface area contributed by atoms with Gasteiger partial charge in [0, 0.05) is 25.5 Å². The first-order valence-electron chi connectivity index (χ1n) is 8.82. The predicted octanol–water partition coefficient (Wildman–Crippen LogP) is 2.50. The number of carbonyl (C=O) groups is 3. The molecule has 0 fully saturated rings. The van der Waals surface area contributed by atoms with Crippen molar-refractivity contribution >= 4 is 29.4 Å². The summed E-state index contributed by atoms with van der Waals surface area (Å²) in [6.07, 6.45) is 1.40. The molecule has 1 aromatic carbocycles. The Morgan fingerprint density at radius 1 is 1.04 bits per heavy atom. The molecule has 7 nitrogen and oxygen atoms in total. The van der Waals surface area contributed by atoms with Crippen LogP contribution in [0, 0.1) is 0 Å². The fourth-order valence-corrected chi connectivity index (χ4v) is 2.71. The lowest BCUT2D eigenvalue weighted by atomic mass is 10.1. The summed E-state index contributed by atoms with van der Waals surface area (Å²) >= 11 is 5.71. The Kier molecular flexibility index (Phi) is 7.95. The first kappa shape index (κ1) is 21.4. The highest BCUT2D eigenvalue weighted by Gasteiger charge is 2.21. The Morgan fingerprint density at radius 3 is 2.25 bits per heavy atom. The van der Waals surface area contributed by atoms with Gasteiger partial charge in [-0.2, -0.15) is 0 Å². The number of hydrogen-bond acceptors (Lipinski definition) is 4. The lowest BCUT2D eigenvalue weighted by molar-refractivity contribution is -0.141. The van der Waals surface area contributed by atoms with Gasteiger partial charge in [0.05, 0.1) is 6.04 Å². The Labute approximate surface area is 168 Å². The Balaban J connectivity index is 1.81. The van der Waals surface area contributed by atoms with E-state index in [0.717, 1.165) is 5.56 Å². The standard InChI is InChI=1S/C20H22ClN3O4/c1-13(15-5-3-2-4-6-15)23-18(25)9-10-19(26)24-16(20(27)28)11-14-7-8-17(21)22-12-14/h2-8,12-13,16H,9-11H2,1H3,(H,23,25)(H,24,26)(H,27,28)/t13-,16+/m1/s1. The number of nitrogens with zero attached hydrogens (tertiary/aromatic N) is 1. The van der Waals surface area contributed by atoms with Gasteiger partial charge in [-0.3, -0.25) is 9.59 Å². The monoisotopic (exact) mass is 403 g/mol. The van der Waals surface area contributed by atoms with E-state index in [1.807, 2.05) is 37.3 Å². The molecule has 0 unspecified atom stereocenters. The van der Waals surface area contributed by atoms with Gasteiger partial charge in [-0.05, 0) is 24.1 Å². The van der Waals surface area contributed by atoms with Crippen molar-refractivity contribution in [2.75, 3.05) is 0 Å². The van der Waals surface area contributed by atoms with Crippen molar-refractivity contribution in [1.29, 1.82) is 0 Å². The molecule has 0 aliphatic rings. The van der Waals surface area contributed by atoms with Crippen LogP contribution in [-0.2, 0) is 20.8 Å². The number of aromatic nitrogens is 1. The van der Waals surface area contributed by atoms with Gasteiger partial charge in [0.2, 0.25) is 11.8 Å². The molecule has 8 heteroatoms. The second-order valence-electron chi connectivity index (χ2n) is 6.35. The van der Waals surface area contributed by atoms with Crippen LogP contribution in [0.5, 0.6) is 0 Å². The van der Waals surface area contributed by atoms with Crippen LogP contribution in [0.4, 0.5) is 0 Å². The van der Waals surface area contributed by atoms with Crippen LogP contribution >= 0.6 is 11.6 Å². The fourth-order valence-electron chi connectivity index (χ4n) is 2.60. The molecule has 0 aliphatic heterocycles. The number of benzene rings is 1. The average Bonchev–Trinajstić information content (AvgIpc) is 2.68. The number of halogens is 1. The van der Waals surface area contributed by atoms with Crippen LogP contribution in [0.25, 0.3) is 0 Å². The van der Waals surface area contributed by atoms with Crippen LogP contribution in [0.3, 0.4) is 0 Å². The van der Waals surface area contributed by atoms with Crippen LogP contribution in [0.2, 0.25) is 5.15 Å². The maximum Gasteiger partial charge on any atom is 0.326 e. The van der Waals surface area contributed by atoms with Crippen LogP contribution in [0.15, 0.2) is 48.7 Å². The lowest BCUT2D eigenvalue weighted by Crippen LogP contribution is -2.42. The molecular formula is C20H22ClN3O4. The van der Waals surface area contributed by atoms with Crippen LogP contribution in [-0.4, -0.2) is 33.9 Å². The predicted molar refractivity (Wildman–Crippen MR) is 105 cm³/mol. The van der Waals surface area contributed by atoms with Crippen molar-refractivity contribution < 1.29 is 19.5 Å². The van der Waals surface area contributed by atoms with E-state index in [4.69, 9.17) is 11.6 Å². The Hall–Kier alpha value is -2.93. The SMILES string of the molecule is C[C@@H](NC(=O)CCC(=O)N[C@@H](Cc1ccc(Cl)nc1)C(=O)O)c1ccccc1. The van der Waals surface area contributed by atoms with Gasteiger partial charge in [0.1, 0.15) is 11.2 Å². The number of amides is 2. The molecule has 28 heavy (non-hydrogen) atoms. The van der Waals surface area contributed by atoms with E-state index in [2.05, 4.69) is 15.6 Å². The molecule has 0 spiro atoms. The van der Waals surface area contributed by atoms with Gasteiger partial charge in [0.25, 0.3) is 0 Å². The minimum atomic E-state index is -1.16. The van der Waals surface area contributed by atoms with E-state index in [-0.39, 0.29) is 31.2 Å². The normalized spacial score (nSPS) is 12.6. The van der Waals surface area contributed by atoms with Gasteiger partial charge in [-0.1, -0.05) is 48.0 Å². The van der Waals surface area contributed by atoms with Gasteiger partial charge >= 0.3 is 5.97 Å². The van der Waals surface area contributed by atoms with Crippen molar-refractivity contribution in [2.45, 2.75) is 38.3 Å². The lowest BCUT2D eigenvalue weighted by Gasteiger charge is -2.16. The third-order valence-corrected chi connectivity index (χ3v) is 4.34. The minimum absolute atomic E-state index is 0.0299. The zero-order valence-electron chi connectivity index (χ0n) is 15.4. The molecular weight excluding hydrogens is 382 g/mol. The minimum Gasteiger partial charge on any atom is -0.480 e. The third kappa shape index (κ3) is 7.00. The van der Waals surface area contributed by atoms with Crippen molar-refractivity contribution in [3.63, 3.8) is 0 Å². The molecule has 2 rings (SSSR count). The van der Waals surface area contributed by atoms with E-state index in [9.17, 15) is 19.5 Å². The number of hydrogen-bond donors (Lipinski definition) is 3. The maximum absolute atomic E-state index is 12.1. The smallest absolute Gasteiger partial charge is 0.326 e. The van der Waals surface area contributed by atoms with Crippen LogP contribution < -0.4 is 10.6 Å². The summed E-state index contributed by atoms with van der Waals surface area (Å²) in [4.78, 5) is 39.4. The zero-order valence-corrected chi connectivity index (χ0v) is 16.1. The molecule has 0 radical (unpaired) electrons. The van der Waals surface area contributed by atoms with Crippen molar-refractivity contribution in [3.05, 3.63) is 64.9 Å². The van der Waals surface area contributed by atoms with Crippen LogP contribution in [0.1, 0.15) is 36.9 Å². The first-order chi connectivity index (χ1) is 13.3. The van der Waals surface area contributed by atoms with Crippen molar-refractivity contribution in [2.24, 2.45) is 0 Å². The first-order valence-corrected chi connectivity index (χ1v) is 9.20. The molecule has 2 aromatic rings. The number of carbonyl (C=O) groups excluding carboxylic acids is 2. The number of carboxylic acids is 1. The molecule has 0 saturated carbocycles. The average molecular weight is 404 g/mol. The third-order valence-electron chi connectivity index (χ3n) is 4.12. The second-order valence-corrected chi connectivity index (χ2v) is 6.74. The zero-order chi connectivity index (χ0) is 20.5. The molecule has 2 amide bonds. The van der Waals surface area contributed by atoms with Crippen molar-refractivity contribution in [3.8, 4) is 0 Å². The molecule has 0 bridgehead atoms. The highest BCUT2D eigenvalue weighted by atomic mass is 35.5. The molecule has 148 valence electrons. The Bertz CT molecular complexity index is 812. The summed E-state index contributed by atoms with van der Waals surface area (Å²) < 4.78 is 0. The molecule has 2 atom stereocenters. The number of aliphatic carboxylic acids is 1. The number of carboxylic acid groups (broad SMARTS) is 1. The fraction of sp³-hybridized carbons (Fsp3) is 0.300. The second kappa shape index (κ2) is 10.4. The summed E-state index contributed by atoms with van der Waals surface area (Å²) in [6.45, 7) is 1.86. The van der Waals surface area contributed by atoms with Gasteiger partial charge in [0.15, 0.2) is 0 Å². The van der Waals surface area contributed by atoms with E-state index in [1.54, 1.807) is 12.1 Å². The molecule has 0 aliphatic carbocycles. The number of rotatable bonds is 9. The molecule has 3 N–H and O–H groups in total. The highest BCUT2D eigenvalue weighted by molar-refractivity contribution is 6.29. The largest absolute Gasteiger partial charge is 0.480 e. The van der Waals surface area contributed by atoms with Gasteiger partial charge < -0.3 is 15.7 Å². The van der Waals surface area contributed by atoms with E-state index in [0.29, 0.717) is 10.7 Å². The molecule has 1 heterocycles. The summed E-state index contributed by atoms with van der Waals surface area (Å²) in [7, 11) is 0.